The summed E-state index contributed by atoms with van der Waals surface area (Å²) in [6, 6.07) is 20.7. The van der Waals surface area contributed by atoms with Crippen molar-refractivity contribution in [2.75, 3.05) is 13.1 Å². The van der Waals surface area contributed by atoms with Crippen LogP contribution in [0.4, 0.5) is 0 Å². The lowest BCUT2D eigenvalue weighted by Crippen LogP contribution is -2.53. The Balaban J connectivity index is 1.67. The van der Waals surface area contributed by atoms with Gasteiger partial charge in [0.2, 0.25) is 0 Å². The number of nitrogens with zero attached hydrogens (tertiary/aromatic N) is 1. The topological polar surface area (TPSA) is 15.3 Å². The van der Waals surface area contributed by atoms with E-state index in [1.54, 1.807) is 0 Å². The van der Waals surface area contributed by atoms with Crippen molar-refractivity contribution in [1.29, 1.82) is 0 Å². The molecule has 1 fully saturated rings. The van der Waals surface area contributed by atoms with Crippen molar-refractivity contribution in [3.8, 4) is 11.1 Å². The van der Waals surface area contributed by atoms with Crippen LogP contribution in [0.15, 0.2) is 54.6 Å². The summed E-state index contributed by atoms with van der Waals surface area (Å²) in [4.78, 5) is 2.54. The Morgan fingerprint density at radius 2 is 1.43 bits per heavy atom. The van der Waals surface area contributed by atoms with Crippen molar-refractivity contribution in [3.63, 3.8) is 0 Å². The summed E-state index contributed by atoms with van der Waals surface area (Å²) in [5.41, 5.74) is 3.98. The number of rotatable bonds is 3. The van der Waals surface area contributed by atoms with Crippen LogP contribution in [0.1, 0.15) is 19.4 Å². The van der Waals surface area contributed by atoms with E-state index in [-0.39, 0.29) is 0 Å². The standard InChI is InChI=1S/C19H24N2/c1-15-12-21(13-16(2)20-15)14-17-8-10-19(11-9-17)18-6-4-3-5-7-18/h3-11,15-16,20H,12-14H2,1-2H3/t15-,16+. The predicted molar refractivity (Wildman–Crippen MR) is 89.2 cm³/mol. The van der Waals surface area contributed by atoms with Crippen LogP contribution in [0.3, 0.4) is 0 Å². The van der Waals surface area contributed by atoms with Crippen LogP contribution in [0.25, 0.3) is 11.1 Å². The molecule has 1 aliphatic rings. The Hall–Kier alpha value is -1.64. The third kappa shape index (κ3) is 3.72. The molecule has 0 aromatic heterocycles. The molecule has 1 saturated heterocycles. The Kier molecular flexibility index (Phi) is 4.37. The monoisotopic (exact) mass is 280 g/mol. The first-order valence-corrected chi connectivity index (χ1v) is 7.83. The molecule has 2 nitrogen and oxygen atoms in total. The van der Waals surface area contributed by atoms with Crippen molar-refractivity contribution >= 4 is 0 Å². The maximum atomic E-state index is 3.58. The van der Waals surface area contributed by atoms with Crippen LogP contribution in [0, 0.1) is 0 Å². The fourth-order valence-corrected chi connectivity index (χ4v) is 3.26. The van der Waals surface area contributed by atoms with Crippen LogP contribution < -0.4 is 5.32 Å². The Labute approximate surface area is 127 Å². The molecule has 1 aliphatic heterocycles. The van der Waals surface area contributed by atoms with E-state index in [4.69, 9.17) is 0 Å². The molecule has 2 aromatic carbocycles. The minimum Gasteiger partial charge on any atom is -0.309 e. The lowest BCUT2D eigenvalue weighted by Gasteiger charge is -2.36. The van der Waals surface area contributed by atoms with Crippen LogP contribution in [0.2, 0.25) is 0 Å². The minimum atomic E-state index is 0.581. The van der Waals surface area contributed by atoms with E-state index in [0.717, 1.165) is 19.6 Å². The summed E-state index contributed by atoms with van der Waals surface area (Å²) in [5, 5.41) is 3.58. The molecule has 0 spiro atoms. The van der Waals surface area contributed by atoms with E-state index < -0.39 is 0 Å². The highest BCUT2D eigenvalue weighted by Gasteiger charge is 2.20. The third-order valence-corrected chi connectivity index (χ3v) is 4.10. The van der Waals surface area contributed by atoms with Gasteiger partial charge in [0, 0.05) is 31.7 Å². The summed E-state index contributed by atoms with van der Waals surface area (Å²) in [6.07, 6.45) is 0. The predicted octanol–water partition coefficient (Wildman–Crippen LogP) is 3.54. The van der Waals surface area contributed by atoms with Gasteiger partial charge in [-0.05, 0) is 30.5 Å². The number of hydrogen-bond donors (Lipinski definition) is 1. The Morgan fingerprint density at radius 3 is 2.05 bits per heavy atom. The normalized spacial score (nSPS) is 23.1. The van der Waals surface area contributed by atoms with E-state index in [1.165, 1.54) is 16.7 Å². The highest BCUT2D eigenvalue weighted by Crippen LogP contribution is 2.20. The van der Waals surface area contributed by atoms with E-state index in [0.29, 0.717) is 12.1 Å². The molecular formula is C19H24N2. The van der Waals surface area contributed by atoms with E-state index in [9.17, 15) is 0 Å². The van der Waals surface area contributed by atoms with Gasteiger partial charge < -0.3 is 5.32 Å². The average molecular weight is 280 g/mol. The number of benzene rings is 2. The SMILES string of the molecule is C[C@@H]1CN(Cc2ccc(-c3ccccc3)cc2)C[C@H](C)N1. The van der Waals surface area contributed by atoms with E-state index >= 15 is 0 Å². The van der Waals surface area contributed by atoms with Crippen LogP contribution in [-0.2, 0) is 6.54 Å². The van der Waals surface area contributed by atoms with Crippen LogP contribution in [0.5, 0.6) is 0 Å². The molecule has 3 rings (SSSR count). The smallest absolute Gasteiger partial charge is 0.0235 e. The molecule has 0 bridgehead atoms. The van der Waals surface area contributed by atoms with Crippen LogP contribution >= 0.6 is 0 Å². The molecule has 2 heteroatoms. The summed E-state index contributed by atoms with van der Waals surface area (Å²) < 4.78 is 0. The maximum absolute atomic E-state index is 3.58. The summed E-state index contributed by atoms with van der Waals surface area (Å²) in [5.74, 6) is 0. The first-order chi connectivity index (χ1) is 10.2. The summed E-state index contributed by atoms with van der Waals surface area (Å²) in [7, 11) is 0. The molecule has 0 radical (unpaired) electrons. The maximum Gasteiger partial charge on any atom is 0.0235 e. The van der Waals surface area contributed by atoms with Gasteiger partial charge in [0.1, 0.15) is 0 Å². The molecule has 2 atom stereocenters. The zero-order valence-corrected chi connectivity index (χ0v) is 12.9. The van der Waals surface area contributed by atoms with E-state index in [1.807, 2.05) is 0 Å². The molecule has 21 heavy (non-hydrogen) atoms. The second kappa shape index (κ2) is 6.42. The molecular weight excluding hydrogens is 256 g/mol. The summed E-state index contributed by atoms with van der Waals surface area (Å²) >= 11 is 0. The van der Waals surface area contributed by atoms with Crippen LogP contribution in [-0.4, -0.2) is 30.1 Å². The van der Waals surface area contributed by atoms with Crippen molar-refractivity contribution in [1.82, 2.24) is 10.2 Å². The summed E-state index contributed by atoms with van der Waals surface area (Å²) in [6.45, 7) is 7.84. The highest BCUT2D eigenvalue weighted by molar-refractivity contribution is 5.63. The average Bonchev–Trinajstić information content (AvgIpc) is 2.48. The molecule has 0 saturated carbocycles. The van der Waals surface area contributed by atoms with Gasteiger partial charge in [-0.15, -0.1) is 0 Å². The van der Waals surface area contributed by atoms with Crippen molar-refractivity contribution in [2.24, 2.45) is 0 Å². The van der Waals surface area contributed by atoms with Gasteiger partial charge in [0.15, 0.2) is 0 Å². The van der Waals surface area contributed by atoms with E-state index in [2.05, 4.69) is 78.7 Å². The number of nitrogens with one attached hydrogen (secondary N) is 1. The molecule has 1 N–H and O–H groups in total. The molecule has 0 unspecified atom stereocenters. The second-order valence-electron chi connectivity index (χ2n) is 6.23. The Morgan fingerprint density at radius 1 is 0.857 bits per heavy atom. The number of hydrogen-bond acceptors (Lipinski definition) is 2. The van der Waals surface area contributed by atoms with Crippen molar-refractivity contribution in [2.45, 2.75) is 32.5 Å². The van der Waals surface area contributed by atoms with Gasteiger partial charge in [0.05, 0.1) is 0 Å². The lowest BCUT2D eigenvalue weighted by atomic mass is 10.0. The first kappa shape index (κ1) is 14.3. The second-order valence-corrected chi connectivity index (χ2v) is 6.23. The van der Waals surface area contributed by atoms with Crippen molar-refractivity contribution in [3.05, 3.63) is 60.2 Å². The Bertz CT molecular complexity index is 552. The molecule has 0 amide bonds. The lowest BCUT2D eigenvalue weighted by molar-refractivity contribution is 0.166. The molecule has 0 aliphatic carbocycles. The van der Waals surface area contributed by atoms with Crippen molar-refractivity contribution < 1.29 is 0 Å². The number of piperazine rings is 1. The fraction of sp³-hybridized carbons (Fsp3) is 0.368. The quantitative estimate of drug-likeness (QED) is 0.925. The zero-order valence-electron chi connectivity index (χ0n) is 12.9. The highest BCUT2D eigenvalue weighted by atomic mass is 15.2. The fourth-order valence-electron chi connectivity index (χ4n) is 3.26. The van der Waals surface area contributed by atoms with Gasteiger partial charge in [-0.2, -0.15) is 0 Å². The molecule has 110 valence electrons. The van der Waals surface area contributed by atoms with Gasteiger partial charge >= 0.3 is 0 Å². The molecule has 2 aromatic rings. The minimum absolute atomic E-state index is 0.581. The zero-order chi connectivity index (χ0) is 14.7. The largest absolute Gasteiger partial charge is 0.309 e. The van der Waals surface area contributed by atoms with Gasteiger partial charge in [-0.25, -0.2) is 0 Å². The first-order valence-electron chi connectivity index (χ1n) is 7.83. The molecule has 1 heterocycles. The van der Waals surface area contributed by atoms with Gasteiger partial charge in [-0.1, -0.05) is 54.6 Å². The van der Waals surface area contributed by atoms with Gasteiger partial charge in [0.25, 0.3) is 0 Å². The van der Waals surface area contributed by atoms with Gasteiger partial charge in [-0.3, -0.25) is 4.90 Å². The third-order valence-electron chi connectivity index (χ3n) is 4.10.